The predicted octanol–water partition coefficient (Wildman–Crippen LogP) is 1.94. The van der Waals surface area contributed by atoms with E-state index in [-0.39, 0.29) is 22.6 Å². The van der Waals surface area contributed by atoms with Crippen LogP contribution in [-0.2, 0) is 14.4 Å². The molecule has 2 fully saturated rings. The molecule has 11 heteroatoms. The summed E-state index contributed by atoms with van der Waals surface area (Å²) in [7, 11) is 0. The Kier molecular flexibility index (Phi) is 9.14. The van der Waals surface area contributed by atoms with Gasteiger partial charge in [0.25, 0.3) is 0 Å². The molecule has 0 radical (unpaired) electrons. The molecule has 3 rings (SSSR count). The zero-order valence-corrected chi connectivity index (χ0v) is 19.9. The summed E-state index contributed by atoms with van der Waals surface area (Å²) in [6, 6.07) is 11.1. The van der Waals surface area contributed by atoms with Crippen molar-refractivity contribution in [3.63, 3.8) is 0 Å². The number of nitriles is 2. The van der Waals surface area contributed by atoms with Gasteiger partial charge in [-0.1, -0.05) is 6.07 Å². The van der Waals surface area contributed by atoms with E-state index in [9.17, 15) is 19.6 Å². The molecular formula is C23H35N7O3S. The van der Waals surface area contributed by atoms with Crippen LogP contribution in [0.3, 0.4) is 0 Å². The molecule has 0 spiro atoms. The Labute approximate surface area is 208 Å². The van der Waals surface area contributed by atoms with E-state index in [0.29, 0.717) is 25.3 Å². The highest BCUT2D eigenvalue weighted by Crippen LogP contribution is 2.36. The van der Waals surface area contributed by atoms with Crippen LogP contribution in [0.4, 0.5) is 11.4 Å². The molecule has 1 aromatic rings. The van der Waals surface area contributed by atoms with E-state index < -0.39 is 22.4 Å². The highest BCUT2D eigenvalue weighted by Gasteiger charge is 2.45. The van der Waals surface area contributed by atoms with Gasteiger partial charge in [0.15, 0.2) is 5.92 Å². The van der Waals surface area contributed by atoms with E-state index in [1.807, 2.05) is 36.4 Å². The van der Waals surface area contributed by atoms with Gasteiger partial charge in [-0.2, -0.15) is 10.5 Å². The molecule has 186 valence electrons. The number of rotatable bonds is 10. The van der Waals surface area contributed by atoms with Crippen molar-refractivity contribution in [2.24, 2.45) is 5.92 Å². The van der Waals surface area contributed by atoms with Crippen LogP contribution >= 0.6 is 11.8 Å². The minimum Gasteiger partial charge on any atom is -0.383 e. The molecule has 2 heterocycles. The number of hydrogen-bond donors (Lipinski definition) is 3. The molecule has 34 heavy (non-hydrogen) atoms. The second-order valence-corrected chi connectivity index (χ2v) is 9.44. The molecule has 3 atom stereocenters. The van der Waals surface area contributed by atoms with Crippen molar-refractivity contribution in [2.45, 2.75) is 30.4 Å². The zero-order valence-electron chi connectivity index (χ0n) is 19.1. The van der Waals surface area contributed by atoms with Crippen LogP contribution in [0.1, 0.15) is 24.0 Å². The first-order valence-corrected chi connectivity index (χ1v) is 12.3. The maximum Gasteiger partial charge on any atom is 0.241 e. The molecule has 2 unspecified atom stereocenters. The molecule has 2 saturated heterocycles. The van der Waals surface area contributed by atoms with Crippen LogP contribution in [-0.4, -0.2) is 77.4 Å². The van der Waals surface area contributed by atoms with Crippen molar-refractivity contribution in [2.75, 3.05) is 49.9 Å². The first-order chi connectivity index (χ1) is 16.5. The fourth-order valence-corrected chi connectivity index (χ4v) is 5.60. The number of carbonyl (C=O) groups is 3. The van der Waals surface area contributed by atoms with Crippen molar-refractivity contribution < 1.29 is 18.7 Å². The standard InChI is InChI=1S/C23H29N7O3S.3H2/c1-2-30-22(33)19(34-23(30)18(13-25)21(32)26-9-8-24)14-27-16-6-5-7-17(12-16)28-20(31)15-29-10-3-4-11-29;;;/h5-7,12,18-19,23,27H,2-4,9-11,14-15H2,1H3,(H,26,32)(H,28,31);3*1H/t18?,19?,23-;;;/m0.../s1. The number of carbonyl (C=O) groups excluding carboxylic acids is 3. The molecule has 0 aliphatic carbocycles. The van der Waals surface area contributed by atoms with Crippen LogP contribution in [0.25, 0.3) is 0 Å². The Balaban J connectivity index is 0.00000432. The molecule has 0 bridgehead atoms. The van der Waals surface area contributed by atoms with E-state index in [1.54, 1.807) is 6.92 Å². The molecule has 3 N–H and O–H groups in total. The minimum atomic E-state index is -1.07. The van der Waals surface area contributed by atoms with Gasteiger partial charge >= 0.3 is 0 Å². The Hall–Kier alpha value is -3.28. The molecule has 0 aromatic heterocycles. The van der Waals surface area contributed by atoms with Gasteiger partial charge in [-0.15, -0.1) is 11.8 Å². The SMILES string of the molecule is CCN1C(=O)C(CNc2cccc(NC(=O)CN3CCCC3)c2)S[C@H]1C(C#N)C(=O)NCC#N.[HH].[HH].[HH]. The Morgan fingerprint density at radius 3 is 2.68 bits per heavy atom. The van der Waals surface area contributed by atoms with Gasteiger partial charge in [0.05, 0.1) is 18.7 Å². The highest BCUT2D eigenvalue weighted by molar-refractivity contribution is 8.01. The molecule has 3 amide bonds. The third-order valence-electron chi connectivity index (χ3n) is 5.76. The first-order valence-electron chi connectivity index (χ1n) is 11.3. The smallest absolute Gasteiger partial charge is 0.241 e. The van der Waals surface area contributed by atoms with Gasteiger partial charge in [-0.05, 0) is 51.1 Å². The lowest BCUT2D eigenvalue weighted by Gasteiger charge is -2.24. The molecule has 10 nitrogen and oxygen atoms in total. The third-order valence-corrected chi connectivity index (χ3v) is 7.26. The van der Waals surface area contributed by atoms with Crippen LogP contribution in [0.2, 0.25) is 0 Å². The second kappa shape index (κ2) is 12.3. The maximum absolute atomic E-state index is 12.9. The lowest BCUT2D eigenvalue weighted by atomic mass is 10.1. The van der Waals surface area contributed by atoms with Crippen molar-refractivity contribution >= 4 is 40.9 Å². The number of thioether (sulfide) groups is 1. The summed E-state index contributed by atoms with van der Waals surface area (Å²) in [5, 5.41) is 25.7. The van der Waals surface area contributed by atoms with Gasteiger partial charge in [0.1, 0.15) is 17.2 Å². The average Bonchev–Trinajstić information content (AvgIpc) is 3.44. The normalized spacial score (nSPS) is 20.9. The van der Waals surface area contributed by atoms with E-state index in [0.717, 1.165) is 31.6 Å². The summed E-state index contributed by atoms with van der Waals surface area (Å²) in [6.07, 6.45) is 2.25. The van der Waals surface area contributed by atoms with Gasteiger partial charge in [0.2, 0.25) is 17.7 Å². The summed E-state index contributed by atoms with van der Waals surface area (Å²) in [5.74, 6) is -1.83. The Morgan fingerprint density at radius 1 is 1.26 bits per heavy atom. The van der Waals surface area contributed by atoms with Crippen LogP contribution in [0.5, 0.6) is 0 Å². The highest BCUT2D eigenvalue weighted by atomic mass is 32.2. The van der Waals surface area contributed by atoms with Crippen molar-refractivity contribution in [3.05, 3.63) is 24.3 Å². The second-order valence-electron chi connectivity index (χ2n) is 8.12. The summed E-state index contributed by atoms with van der Waals surface area (Å²) in [6.45, 7) is 4.56. The topological polar surface area (TPSA) is 141 Å². The van der Waals surface area contributed by atoms with Crippen LogP contribution < -0.4 is 16.0 Å². The predicted molar refractivity (Wildman–Crippen MR) is 136 cm³/mol. The number of benzene rings is 1. The number of nitrogens with one attached hydrogen (secondary N) is 3. The van der Waals surface area contributed by atoms with E-state index >= 15 is 0 Å². The largest absolute Gasteiger partial charge is 0.383 e. The number of nitrogens with zero attached hydrogens (tertiary/aromatic N) is 4. The van der Waals surface area contributed by atoms with Gasteiger partial charge in [0, 0.05) is 28.7 Å². The summed E-state index contributed by atoms with van der Waals surface area (Å²) < 4.78 is 0. The van der Waals surface area contributed by atoms with Gasteiger partial charge < -0.3 is 20.9 Å². The third kappa shape index (κ3) is 6.40. The lowest BCUT2D eigenvalue weighted by Crippen LogP contribution is -2.44. The van der Waals surface area contributed by atoms with E-state index in [4.69, 9.17) is 5.26 Å². The number of anilines is 2. The lowest BCUT2D eigenvalue weighted by molar-refractivity contribution is -0.131. The summed E-state index contributed by atoms with van der Waals surface area (Å²) >= 11 is 1.27. The number of amides is 3. The van der Waals surface area contributed by atoms with Crippen LogP contribution in [0.15, 0.2) is 24.3 Å². The van der Waals surface area contributed by atoms with Crippen molar-refractivity contribution in [1.82, 2.24) is 15.1 Å². The zero-order chi connectivity index (χ0) is 24.5. The Morgan fingerprint density at radius 2 is 2.00 bits per heavy atom. The minimum absolute atomic E-state index is 0. The van der Waals surface area contributed by atoms with Crippen LogP contribution in [0, 0.1) is 28.6 Å². The van der Waals surface area contributed by atoms with Crippen molar-refractivity contribution in [3.8, 4) is 12.1 Å². The molecular weight excluding hydrogens is 454 g/mol. The number of likely N-dealkylation sites (tertiary alicyclic amines) is 1. The molecule has 2 aliphatic heterocycles. The fraction of sp³-hybridized carbons (Fsp3) is 0.522. The van der Waals surface area contributed by atoms with Gasteiger partial charge in [-0.25, -0.2) is 0 Å². The summed E-state index contributed by atoms with van der Waals surface area (Å²) in [4.78, 5) is 41.2. The molecule has 0 saturated carbocycles. The first kappa shape index (κ1) is 25.3. The van der Waals surface area contributed by atoms with Gasteiger partial charge in [-0.3, -0.25) is 19.3 Å². The van der Waals surface area contributed by atoms with E-state index in [1.165, 1.54) is 16.7 Å². The summed E-state index contributed by atoms with van der Waals surface area (Å²) in [5.41, 5.74) is 1.42. The maximum atomic E-state index is 12.9. The molecule has 1 aromatic carbocycles. The van der Waals surface area contributed by atoms with E-state index in [2.05, 4.69) is 20.9 Å². The number of hydrogen-bond acceptors (Lipinski definition) is 8. The average molecular weight is 490 g/mol. The van der Waals surface area contributed by atoms with Crippen molar-refractivity contribution in [1.29, 1.82) is 10.5 Å². The Bertz CT molecular complexity index is 999. The fourth-order valence-electron chi connectivity index (χ4n) is 4.09. The quantitative estimate of drug-likeness (QED) is 0.423. The molecule has 2 aliphatic rings. The monoisotopic (exact) mass is 489 g/mol.